The standard InChI is InChI=1S/C9H18N2S/c1-4-5-10-6-7-11(2)8-9-12-3/h1,10H,5-9H2,2-3H3. The second-order valence-corrected chi connectivity index (χ2v) is 3.66. The predicted octanol–water partition coefficient (Wildman–Crippen LogP) is 0.504. The summed E-state index contributed by atoms with van der Waals surface area (Å²) >= 11 is 1.88. The smallest absolute Gasteiger partial charge is 0.0574 e. The molecule has 0 aromatic carbocycles. The highest BCUT2D eigenvalue weighted by molar-refractivity contribution is 7.98. The van der Waals surface area contributed by atoms with Gasteiger partial charge in [0, 0.05) is 25.4 Å². The van der Waals surface area contributed by atoms with Crippen LogP contribution in [0.5, 0.6) is 0 Å². The van der Waals surface area contributed by atoms with E-state index in [-0.39, 0.29) is 0 Å². The number of hydrogen-bond donors (Lipinski definition) is 1. The summed E-state index contributed by atoms with van der Waals surface area (Å²) in [5, 5.41) is 3.16. The monoisotopic (exact) mass is 186 g/mol. The van der Waals surface area contributed by atoms with Crippen LogP contribution >= 0.6 is 11.8 Å². The van der Waals surface area contributed by atoms with E-state index >= 15 is 0 Å². The van der Waals surface area contributed by atoms with Gasteiger partial charge in [-0.05, 0) is 13.3 Å². The van der Waals surface area contributed by atoms with E-state index in [1.165, 1.54) is 5.75 Å². The first kappa shape index (κ1) is 11.8. The molecule has 0 aliphatic heterocycles. The van der Waals surface area contributed by atoms with Crippen molar-refractivity contribution in [1.29, 1.82) is 0 Å². The first-order chi connectivity index (χ1) is 5.81. The van der Waals surface area contributed by atoms with E-state index < -0.39 is 0 Å². The molecule has 70 valence electrons. The molecule has 0 fully saturated rings. The first-order valence-electron chi connectivity index (χ1n) is 4.13. The summed E-state index contributed by atoms with van der Waals surface area (Å²) in [7, 11) is 2.13. The molecule has 0 rings (SSSR count). The van der Waals surface area contributed by atoms with Gasteiger partial charge in [-0.1, -0.05) is 5.92 Å². The Kier molecular flexibility index (Phi) is 8.80. The summed E-state index contributed by atoms with van der Waals surface area (Å²) in [4.78, 5) is 2.31. The van der Waals surface area contributed by atoms with Crippen LogP contribution in [0.2, 0.25) is 0 Å². The molecule has 0 aliphatic rings. The molecule has 0 bridgehead atoms. The van der Waals surface area contributed by atoms with Crippen LogP contribution in [0.15, 0.2) is 0 Å². The zero-order chi connectivity index (χ0) is 9.23. The van der Waals surface area contributed by atoms with Gasteiger partial charge in [0.2, 0.25) is 0 Å². The molecule has 0 saturated heterocycles. The van der Waals surface area contributed by atoms with Crippen molar-refractivity contribution in [3.05, 3.63) is 0 Å². The van der Waals surface area contributed by atoms with E-state index in [2.05, 4.69) is 29.4 Å². The zero-order valence-corrected chi connectivity index (χ0v) is 8.78. The molecule has 0 aliphatic carbocycles. The zero-order valence-electron chi connectivity index (χ0n) is 7.97. The van der Waals surface area contributed by atoms with Crippen LogP contribution in [-0.4, -0.2) is 50.1 Å². The predicted molar refractivity (Wildman–Crippen MR) is 57.6 cm³/mol. The number of terminal acetylenes is 1. The Balaban J connectivity index is 3.09. The van der Waals surface area contributed by atoms with E-state index in [9.17, 15) is 0 Å². The maximum Gasteiger partial charge on any atom is 0.0574 e. The van der Waals surface area contributed by atoms with E-state index in [0.717, 1.165) is 19.6 Å². The Labute approximate surface area is 80.1 Å². The molecule has 0 heterocycles. The maximum atomic E-state index is 5.10. The summed E-state index contributed by atoms with van der Waals surface area (Å²) in [6, 6.07) is 0. The minimum atomic E-state index is 0.677. The molecule has 0 aromatic rings. The quantitative estimate of drug-likeness (QED) is 0.460. The number of nitrogens with zero attached hydrogens (tertiary/aromatic N) is 1. The van der Waals surface area contributed by atoms with Crippen molar-refractivity contribution in [3.8, 4) is 12.3 Å². The summed E-state index contributed by atoms with van der Waals surface area (Å²) in [6.07, 6.45) is 7.23. The second-order valence-electron chi connectivity index (χ2n) is 2.68. The van der Waals surface area contributed by atoms with Crippen LogP contribution < -0.4 is 5.32 Å². The lowest BCUT2D eigenvalue weighted by Gasteiger charge is -2.15. The van der Waals surface area contributed by atoms with E-state index in [0.29, 0.717) is 6.54 Å². The molecular weight excluding hydrogens is 168 g/mol. The van der Waals surface area contributed by atoms with Crippen LogP contribution in [0.4, 0.5) is 0 Å². The van der Waals surface area contributed by atoms with Crippen LogP contribution in [0.3, 0.4) is 0 Å². The average Bonchev–Trinajstić information content (AvgIpc) is 2.09. The molecule has 3 heteroatoms. The number of hydrogen-bond acceptors (Lipinski definition) is 3. The normalized spacial score (nSPS) is 10.2. The summed E-state index contributed by atoms with van der Waals surface area (Å²) in [6.45, 7) is 3.88. The van der Waals surface area contributed by atoms with E-state index in [1.807, 2.05) is 11.8 Å². The molecule has 2 nitrogen and oxygen atoms in total. The van der Waals surface area contributed by atoms with Crippen molar-refractivity contribution in [2.24, 2.45) is 0 Å². The van der Waals surface area contributed by atoms with Crippen LogP contribution in [0, 0.1) is 12.3 Å². The maximum absolute atomic E-state index is 5.10. The van der Waals surface area contributed by atoms with Gasteiger partial charge in [-0.3, -0.25) is 0 Å². The second kappa shape index (κ2) is 8.92. The van der Waals surface area contributed by atoms with Gasteiger partial charge >= 0.3 is 0 Å². The van der Waals surface area contributed by atoms with Gasteiger partial charge in [0.15, 0.2) is 0 Å². The number of rotatable bonds is 7. The fraction of sp³-hybridized carbons (Fsp3) is 0.778. The Bertz CT molecular complexity index is 131. The third-order valence-corrected chi connectivity index (χ3v) is 2.17. The van der Waals surface area contributed by atoms with Crippen molar-refractivity contribution >= 4 is 11.8 Å². The molecule has 0 atom stereocenters. The van der Waals surface area contributed by atoms with Crippen molar-refractivity contribution < 1.29 is 0 Å². The van der Waals surface area contributed by atoms with Gasteiger partial charge in [-0.25, -0.2) is 0 Å². The Morgan fingerprint density at radius 1 is 1.50 bits per heavy atom. The van der Waals surface area contributed by atoms with Crippen molar-refractivity contribution in [2.75, 3.05) is 45.2 Å². The highest BCUT2D eigenvalue weighted by Crippen LogP contribution is 1.91. The molecule has 0 radical (unpaired) electrons. The van der Waals surface area contributed by atoms with Gasteiger partial charge in [-0.2, -0.15) is 11.8 Å². The van der Waals surface area contributed by atoms with E-state index in [1.54, 1.807) is 0 Å². The molecule has 0 spiro atoms. The molecular formula is C9H18N2S. The van der Waals surface area contributed by atoms with Crippen LogP contribution in [0.1, 0.15) is 0 Å². The third-order valence-electron chi connectivity index (χ3n) is 1.57. The first-order valence-corrected chi connectivity index (χ1v) is 5.52. The third kappa shape index (κ3) is 7.93. The largest absolute Gasteiger partial charge is 0.305 e. The molecule has 0 unspecified atom stereocenters. The minimum absolute atomic E-state index is 0.677. The van der Waals surface area contributed by atoms with Crippen molar-refractivity contribution in [2.45, 2.75) is 0 Å². The fourth-order valence-electron chi connectivity index (χ4n) is 0.789. The molecule has 0 saturated carbocycles. The summed E-state index contributed by atoms with van der Waals surface area (Å²) < 4.78 is 0. The molecule has 1 N–H and O–H groups in total. The van der Waals surface area contributed by atoms with Crippen molar-refractivity contribution in [3.63, 3.8) is 0 Å². The average molecular weight is 186 g/mol. The van der Waals surface area contributed by atoms with Gasteiger partial charge < -0.3 is 10.2 Å². The Morgan fingerprint density at radius 2 is 2.25 bits per heavy atom. The van der Waals surface area contributed by atoms with Gasteiger partial charge in [-0.15, -0.1) is 6.42 Å². The minimum Gasteiger partial charge on any atom is -0.305 e. The Hall–Kier alpha value is -0.170. The lowest BCUT2D eigenvalue weighted by molar-refractivity contribution is 0.355. The summed E-state index contributed by atoms with van der Waals surface area (Å²) in [5.74, 6) is 3.75. The van der Waals surface area contributed by atoms with Gasteiger partial charge in [0.1, 0.15) is 0 Å². The SMILES string of the molecule is C#CCNCCN(C)CCSC. The highest BCUT2D eigenvalue weighted by Gasteiger charge is 1.95. The molecule has 12 heavy (non-hydrogen) atoms. The van der Waals surface area contributed by atoms with E-state index in [4.69, 9.17) is 6.42 Å². The lowest BCUT2D eigenvalue weighted by Crippen LogP contribution is -2.30. The number of thioether (sulfide) groups is 1. The van der Waals surface area contributed by atoms with Gasteiger partial charge in [0.05, 0.1) is 6.54 Å². The van der Waals surface area contributed by atoms with Crippen molar-refractivity contribution in [1.82, 2.24) is 10.2 Å². The van der Waals surface area contributed by atoms with Gasteiger partial charge in [0.25, 0.3) is 0 Å². The molecule has 0 amide bonds. The number of likely N-dealkylation sites (N-methyl/N-ethyl adjacent to an activating group) is 1. The van der Waals surface area contributed by atoms with Crippen LogP contribution in [-0.2, 0) is 0 Å². The number of nitrogens with one attached hydrogen (secondary N) is 1. The van der Waals surface area contributed by atoms with Crippen LogP contribution in [0.25, 0.3) is 0 Å². The molecule has 0 aromatic heterocycles. The highest BCUT2D eigenvalue weighted by atomic mass is 32.2. The summed E-state index contributed by atoms with van der Waals surface area (Å²) in [5.41, 5.74) is 0. The lowest BCUT2D eigenvalue weighted by atomic mass is 10.5. The Morgan fingerprint density at radius 3 is 2.83 bits per heavy atom. The fourth-order valence-corrected chi connectivity index (χ4v) is 1.28. The topological polar surface area (TPSA) is 15.3 Å².